The fourth-order valence-corrected chi connectivity index (χ4v) is 5.35. The molecule has 0 radical (unpaired) electrons. The second-order valence-corrected chi connectivity index (χ2v) is 12.1. The molecule has 2 aromatic carbocycles. The predicted molar refractivity (Wildman–Crippen MR) is 169 cm³/mol. The van der Waals surface area contributed by atoms with Crippen molar-refractivity contribution in [3.8, 4) is 0 Å². The van der Waals surface area contributed by atoms with Crippen LogP contribution >= 0.6 is 0 Å². The van der Waals surface area contributed by atoms with E-state index in [2.05, 4.69) is 73.2 Å². The Hall–Kier alpha value is -3.15. The van der Waals surface area contributed by atoms with E-state index in [0.717, 1.165) is 65.6 Å². The Labute approximate surface area is 252 Å². The molecule has 3 aromatic rings. The largest absolute Gasteiger partial charge is 0.373 e. The summed E-state index contributed by atoms with van der Waals surface area (Å²) in [5.41, 5.74) is 4.90. The Morgan fingerprint density at radius 2 is 1.76 bits per heavy atom. The number of H-pyrrole nitrogens is 1. The summed E-state index contributed by atoms with van der Waals surface area (Å²) >= 11 is 0. The number of nitrogens with zero attached hydrogens (tertiary/aromatic N) is 4. The highest BCUT2D eigenvalue weighted by Gasteiger charge is 2.26. The number of benzene rings is 2. The van der Waals surface area contributed by atoms with Gasteiger partial charge in [-0.3, -0.25) is 9.89 Å². The molecule has 2 N–H and O–H groups in total. The van der Waals surface area contributed by atoms with E-state index in [1.165, 1.54) is 6.42 Å². The minimum atomic E-state index is -1.61. The van der Waals surface area contributed by atoms with Crippen LogP contribution in [-0.2, 0) is 24.0 Å². The maximum Gasteiger partial charge on any atom is 0.152 e. The van der Waals surface area contributed by atoms with Crippen LogP contribution in [0.4, 0.5) is 20.3 Å². The molecule has 0 spiro atoms. The number of aromatic amines is 1. The number of hydrogen-bond donors (Lipinski definition) is 2. The van der Waals surface area contributed by atoms with E-state index in [9.17, 15) is 17.8 Å². The second kappa shape index (κ2) is 17.1. The van der Waals surface area contributed by atoms with Crippen molar-refractivity contribution < 1.29 is 17.8 Å². The van der Waals surface area contributed by atoms with Gasteiger partial charge in [-0.1, -0.05) is 20.3 Å². The third-order valence-electron chi connectivity index (χ3n) is 6.90. The second-order valence-electron chi connectivity index (χ2n) is 10.6. The number of aromatic nitrogens is 2. The summed E-state index contributed by atoms with van der Waals surface area (Å²) in [4.78, 5) is 15.5. The van der Waals surface area contributed by atoms with E-state index in [4.69, 9.17) is 0 Å². The monoisotopic (exact) mass is 604 g/mol. The molecule has 42 heavy (non-hydrogen) atoms. The van der Waals surface area contributed by atoms with Gasteiger partial charge in [-0.05, 0) is 63.7 Å². The molecule has 1 aromatic heterocycles. The third-order valence-corrected chi connectivity index (χ3v) is 8.32. The van der Waals surface area contributed by atoms with Crippen molar-refractivity contribution in [3.05, 3.63) is 70.4 Å². The lowest BCUT2D eigenvalue weighted by Crippen LogP contribution is -2.34. The third kappa shape index (κ3) is 9.99. The molecule has 0 bridgehead atoms. The standard InChI is InChI=1S/C15H24N2O.C13H14F2N4OS.C3H8/c1-12(2)16(4)8-9-17(5)15-7-6-14(11-18)13(3)10-15;1-16-13-11-7-19(3-2-12(11)17-18-13)21(20)10-5-8(14)4-9(15)6-10;1-3-2/h6-7,10-12H,8-9H2,1-5H3;4-6H,2-3,7H2,1H3,(H2,16,17,18);3H2,1-2H3. The van der Waals surface area contributed by atoms with Gasteiger partial charge in [0.1, 0.15) is 28.9 Å². The quantitative estimate of drug-likeness (QED) is 0.300. The molecule has 8 nitrogen and oxygen atoms in total. The van der Waals surface area contributed by atoms with Crippen molar-refractivity contribution >= 4 is 28.8 Å². The molecule has 0 aliphatic carbocycles. The zero-order valence-electron chi connectivity index (χ0n) is 26.1. The number of carbonyl (C=O) groups is 1. The van der Waals surface area contributed by atoms with Crippen molar-refractivity contribution in [2.75, 3.05) is 51.0 Å². The lowest BCUT2D eigenvalue weighted by Gasteiger charge is -2.26. The first-order chi connectivity index (χ1) is 19.9. The molecule has 1 aliphatic rings. The van der Waals surface area contributed by atoms with Crippen LogP contribution < -0.4 is 10.2 Å². The van der Waals surface area contributed by atoms with Gasteiger partial charge in [0.2, 0.25) is 0 Å². The lowest BCUT2D eigenvalue weighted by atomic mass is 10.1. The molecule has 1 unspecified atom stereocenters. The van der Waals surface area contributed by atoms with Crippen LogP contribution in [0.5, 0.6) is 0 Å². The molecular weight excluding hydrogens is 558 g/mol. The van der Waals surface area contributed by atoms with Crippen LogP contribution in [0.15, 0.2) is 41.3 Å². The van der Waals surface area contributed by atoms with E-state index in [1.54, 1.807) is 11.4 Å². The number of likely N-dealkylation sites (N-methyl/N-ethyl adjacent to an activating group) is 2. The molecule has 0 saturated heterocycles. The summed E-state index contributed by atoms with van der Waals surface area (Å²) in [5, 5.41) is 10.0. The highest BCUT2D eigenvalue weighted by Crippen LogP contribution is 2.26. The zero-order valence-corrected chi connectivity index (χ0v) is 26.9. The van der Waals surface area contributed by atoms with Gasteiger partial charge in [-0.15, -0.1) is 0 Å². The van der Waals surface area contributed by atoms with Crippen molar-refractivity contribution in [2.24, 2.45) is 0 Å². The minimum Gasteiger partial charge on any atom is -0.373 e. The van der Waals surface area contributed by atoms with Gasteiger partial charge in [-0.2, -0.15) is 5.10 Å². The van der Waals surface area contributed by atoms with Gasteiger partial charge in [0.25, 0.3) is 0 Å². The Balaban J connectivity index is 0.000000272. The number of rotatable bonds is 9. The summed E-state index contributed by atoms with van der Waals surface area (Å²) in [6.45, 7) is 13.6. The Morgan fingerprint density at radius 3 is 2.31 bits per heavy atom. The number of carbonyl (C=O) groups excluding carboxylic acids is 1. The maximum atomic E-state index is 13.2. The van der Waals surface area contributed by atoms with Gasteiger partial charge < -0.3 is 15.1 Å². The molecule has 0 fully saturated rings. The first-order valence-electron chi connectivity index (χ1n) is 14.3. The summed E-state index contributed by atoms with van der Waals surface area (Å²) in [7, 11) is 4.38. The zero-order chi connectivity index (χ0) is 31.4. The van der Waals surface area contributed by atoms with Crippen molar-refractivity contribution in [3.63, 3.8) is 0 Å². The van der Waals surface area contributed by atoms with Gasteiger partial charge in [-0.25, -0.2) is 17.3 Å². The molecule has 2 heterocycles. The lowest BCUT2D eigenvalue weighted by molar-refractivity contribution is 0.112. The normalized spacial score (nSPS) is 13.4. The van der Waals surface area contributed by atoms with E-state index in [0.29, 0.717) is 31.4 Å². The fraction of sp³-hybridized carbons (Fsp3) is 0.484. The van der Waals surface area contributed by atoms with Gasteiger partial charge in [0.05, 0.1) is 4.90 Å². The summed E-state index contributed by atoms with van der Waals surface area (Å²) in [5.74, 6) is -0.748. The number of fused-ring (bicyclic) bond motifs is 1. The number of aryl methyl sites for hydroxylation is 1. The van der Waals surface area contributed by atoms with Crippen molar-refractivity contribution in [2.45, 2.75) is 64.9 Å². The molecule has 0 saturated carbocycles. The van der Waals surface area contributed by atoms with Crippen LogP contribution in [0.2, 0.25) is 0 Å². The van der Waals surface area contributed by atoms with Crippen molar-refractivity contribution in [1.29, 1.82) is 0 Å². The van der Waals surface area contributed by atoms with Crippen LogP contribution in [0.1, 0.15) is 61.3 Å². The summed E-state index contributed by atoms with van der Waals surface area (Å²) < 4.78 is 40.7. The molecule has 4 rings (SSSR count). The average Bonchev–Trinajstić information content (AvgIpc) is 3.38. The highest BCUT2D eigenvalue weighted by molar-refractivity contribution is 7.82. The topological polar surface area (TPSA) is 84.6 Å². The van der Waals surface area contributed by atoms with Gasteiger partial charge in [0, 0.05) is 81.3 Å². The molecule has 1 atom stereocenters. The Bertz CT molecular complexity index is 1280. The van der Waals surface area contributed by atoms with Crippen LogP contribution in [0, 0.1) is 18.6 Å². The molecule has 11 heteroatoms. The smallest absolute Gasteiger partial charge is 0.152 e. The Kier molecular flexibility index (Phi) is 14.3. The first-order valence-corrected chi connectivity index (χ1v) is 15.4. The van der Waals surface area contributed by atoms with Crippen LogP contribution in [-0.4, -0.2) is 76.7 Å². The number of anilines is 2. The molecule has 0 amide bonds. The number of hydrogen-bond acceptors (Lipinski definition) is 6. The summed E-state index contributed by atoms with van der Waals surface area (Å²) in [6, 6.07) is 9.50. The first kappa shape index (κ1) is 35.0. The Morgan fingerprint density at radius 1 is 1.12 bits per heavy atom. The maximum absolute atomic E-state index is 13.2. The number of halogens is 2. The van der Waals surface area contributed by atoms with Crippen LogP contribution in [0.25, 0.3) is 0 Å². The van der Waals surface area contributed by atoms with Gasteiger partial charge >= 0.3 is 0 Å². The highest BCUT2D eigenvalue weighted by atomic mass is 32.2. The van der Waals surface area contributed by atoms with E-state index < -0.39 is 22.6 Å². The number of aldehydes is 1. The van der Waals surface area contributed by atoms with E-state index in [1.807, 2.05) is 19.1 Å². The molecule has 1 aliphatic heterocycles. The SMILES string of the molecule is CCC.CNc1n[nH]c2c1CN(S(=O)c1cc(F)cc(F)c1)CC2.Cc1cc(N(C)CCN(C)C(C)C)ccc1C=O. The summed E-state index contributed by atoms with van der Waals surface area (Å²) in [6.07, 6.45) is 2.82. The minimum absolute atomic E-state index is 0.130. The van der Waals surface area contributed by atoms with Crippen LogP contribution in [0.3, 0.4) is 0 Å². The van der Waals surface area contributed by atoms with E-state index in [-0.39, 0.29) is 4.90 Å². The van der Waals surface area contributed by atoms with E-state index >= 15 is 0 Å². The fourth-order valence-electron chi connectivity index (χ4n) is 4.12. The predicted octanol–water partition coefficient (Wildman–Crippen LogP) is 5.81. The molecular formula is C31H46F2N6O2S. The number of nitrogens with one attached hydrogen (secondary N) is 2. The molecule has 232 valence electrons. The van der Waals surface area contributed by atoms with Gasteiger partial charge in [0.15, 0.2) is 5.82 Å². The van der Waals surface area contributed by atoms with Crippen molar-refractivity contribution in [1.82, 2.24) is 19.4 Å². The average molecular weight is 605 g/mol.